The van der Waals surface area contributed by atoms with E-state index in [9.17, 15) is 5.11 Å². The minimum Gasteiger partial charge on any atom is -0.466 e. The van der Waals surface area contributed by atoms with Gasteiger partial charge in [-0.2, -0.15) is 5.26 Å². The Balaban J connectivity index is 2.28. The molecule has 1 heterocycles. The topological polar surface area (TPSA) is 57.2 Å². The molecule has 0 saturated heterocycles. The molecule has 0 spiro atoms. The van der Waals surface area contributed by atoms with Crippen LogP contribution in [0.3, 0.4) is 0 Å². The fourth-order valence-electron chi connectivity index (χ4n) is 1.92. The quantitative estimate of drug-likeness (QED) is 0.780. The van der Waals surface area contributed by atoms with Crippen molar-refractivity contribution in [2.45, 2.75) is 32.3 Å². The largest absolute Gasteiger partial charge is 0.466 e. The second-order valence-corrected chi connectivity index (χ2v) is 3.99. The van der Waals surface area contributed by atoms with Gasteiger partial charge in [0.2, 0.25) is 0 Å². The van der Waals surface area contributed by atoms with Gasteiger partial charge in [-0.3, -0.25) is 0 Å². The maximum atomic E-state index is 10.0. The van der Waals surface area contributed by atoms with E-state index in [1.807, 2.05) is 13.0 Å². The number of aliphatic hydroxyl groups is 1. The molecule has 1 atom stereocenters. The molecule has 3 heteroatoms. The molecule has 74 valence electrons. The van der Waals surface area contributed by atoms with Gasteiger partial charge in [0, 0.05) is 0 Å². The Morgan fingerprint density at radius 3 is 2.71 bits per heavy atom. The number of nitriles is 1. The Morgan fingerprint density at radius 1 is 1.64 bits per heavy atom. The molecule has 1 unspecified atom stereocenters. The SMILES string of the molecule is Cc1ccoc1C(O)C1(C#N)CCC1. The molecule has 14 heavy (non-hydrogen) atoms. The fourth-order valence-corrected chi connectivity index (χ4v) is 1.92. The molecule has 1 N–H and O–H groups in total. The molecule has 0 aliphatic heterocycles. The van der Waals surface area contributed by atoms with Gasteiger partial charge in [0.05, 0.1) is 17.7 Å². The zero-order chi connectivity index (χ0) is 10.2. The Labute approximate surface area is 83.0 Å². The molecular formula is C11H13NO2. The molecule has 1 saturated carbocycles. The molecular weight excluding hydrogens is 178 g/mol. The van der Waals surface area contributed by atoms with Crippen molar-refractivity contribution >= 4 is 0 Å². The van der Waals surface area contributed by atoms with Crippen molar-refractivity contribution in [2.75, 3.05) is 0 Å². The fraction of sp³-hybridized carbons (Fsp3) is 0.545. The van der Waals surface area contributed by atoms with E-state index in [1.165, 1.54) is 0 Å². The number of nitrogens with zero attached hydrogens (tertiary/aromatic N) is 1. The zero-order valence-corrected chi connectivity index (χ0v) is 8.16. The van der Waals surface area contributed by atoms with E-state index in [0.29, 0.717) is 5.76 Å². The van der Waals surface area contributed by atoms with Gasteiger partial charge in [0.15, 0.2) is 0 Å². The van der Waals surface area contributed by atoms with Crippen LogP contribution in [0.1, 0.15) is 36.7 Å². The standard InChI is InChI=1S/C11H13NO2/c1-8-3-6-14-9(8)10(13)11(7-12)4-2-5-11/h3,6,10,13H,2,4-5H2,1H3. The number of aryl methyl sites for hydroxylation is 1. The maximum absolute atomic E-state index is 10.0. The highest BCUT2D eigenvalue weighted by atomic mass is 16.4. The highest BCUT2D eigenvalue weighted by Crippen LogP contribution is 2.50. The van der Waals surface area contributed by atoms with E-state index < -0.39 is 11.5 Å². The average molecular weight is 191 g/mol. The number of aliphatic hydroxyl groups excluding tert-OH is 1. The third-order valence-corrected chi connectivity index (χ3v) is 3.14. The Hall–Kier alpha value is -1.27. The van der Waals surface area contributed by atoms with Crippen molar-refractivity contribution in [2.24, 2.45) is 5.41 Å². The number of hydrogen-bond acceptors (Lipinski definition) is 3. The number of rotatable bonds is 2. The van der Waals surface area contributed by atoms with Crippen LogP contribution in [-0.4, -0.2) is 5.11 Å². The van der Waals surface area contributed by atoms with E-state index in [0.717, 1.165) is 24.8 Å². The normalized spacial score (nSPS) is 20.9. The van der Waals surface area contributed by atoms with Crippen LogP contribution < -0.4 is 0 Å². The average Bonchev–Trinajstić information content (AvgIpc) is 2.50. The Kier molecular flexibility index (Phi) is 2.09. The summed E-state index contributed by atoms with van der Waals surface area (Å²) >= 11 is 0. The summed E-state index contributed by atoms with van der Waals surface area (Å²) in [5, 5.41) is 19.1. The highest BCUT2D eigenvalue weighted by Gasteiger charge is 2.46. The first kappa shape index (κ1) is 9.29. The van der Waals surface area contributed by atoms with Crippen molar-refractivity contribution in [1.29, 1.82) is 5.26 Å². The summed E-state index contributed by atoms with van der Waals surface area (Å²) in [7, 11) is 0. The van der Waals surface area contributed by atoms with Crippen molar-refractivity contribution in [1.82, 2.24) is 0 Å². The summed E-state index contributed by atoms with van der Waals surface area (Å²) < 4.78 is 5.21. The van der Waals surface area contributed by atoms with Crippen LogP contribution in [0.15, 0.2) is 16.7 Å². The summed E-state index contributed by atoms with van der Waals surface area (Å²) in [4.78, 5) is 0. The lowest BCUT2D eigenvalue weighted by atomic mass is 9.65. The lowest BCUT2D eigenvalue weighted by Crippen LogP contribution is -2.34. The predicted molar refractivity (Wildman–Crippen MR) is 50.3 cm³/mol. The predicted octanol–water partition coefficient (Wildman–Crippen LogP) is 2.32. The van der Waals surface area contributed by atoms with Crippen LogP contribution in [-0.2, 0) is 0 Å². The molecule has 3 nitrogen and oxygen atoms in total. The molecule has 0 amide bonds. The van der Waals surface area contributed by atoms with Crippen molar-refractivity contribution < 1.29 is 9.52 Å². The second kappa shape index (κ2) is 3.14. The van der Waals surface area contributed by atoms with Crippen LogP contribution in [0.5, 0.6) is 0 Å². The molecule has 1 aromatic rings. The van der Waals surface area contributed by atoms with Gasteiger partial charge in [0.25, 0.3) is 0 Å². The van der Waals surface area contributed by atoms with E-state index >= 15 is 0 Å². The molecule has 0 bridgehead atoms. The molecule has 1 aromatic heterocycles. The minimum absolute atomic E-state index is 0.547. The summed E-state index contributed by atoms with van der Waals surface area (Å²) in [5.74, 6) is 0.547. The number of hydrogen-bond donors (Lipinski definition) is 1. The maximum Gasteiger partial charge on any atom is 0.136 e. The highest BCUT2D eigenvalue weighted by molar-refractivity contribution is 5.23. The lowest BCUT2D eigenvalue weighted by Gasteiger charge is -2.38. The molecule has 0 radical (unpaired) electrons. The Bertz CT molecular complexity index is 371. The lowest BCUT2D eigenvalue weighted by molar-refractivity contribution is -0.00682. The monoisotopic (exact) mass is 191 g/mol. The first-order valence-electron chi connectivity index (χ1n) is 4.83. The van der Waals surface area contributed by atoms with Crippen molar-refractivity contribution in [3.8, 4) is 6.07 Å². The summed E-state index contributed by atoms with van der Waals surface area (Å²) in [5.41, 5.74) is 0.321. The molecule has 1 aliphatic rings. The van der Waals surface area contributed by atoms with Crippen LogP contribution in [0.25, 0.3) is 0 Å². The molecule has 0 aromatic carbocycles. The van der Waals surface area contributed by atoms with Gasteiger partial charge in [-0.05, 0) is 31.4 Å². The van der Waals surface area contributed by atoms with Crippen molar-refractivity contribution in [3.05, 3.63) is 23.7 Å². The first-order valence-corrected chi connectivity index (χ1v) is 4.83. The van der Waals surface area contributed by atoms with Crippen LogP contribution in [0.2, 0.25) is 0 Å². The third kappa shape index (κ3) is 1.15. The van der Waals surface area contributed by atoms with Crippen LogP contribution in [0.4, 0.5) is 0 Å². The van der Waals surface area contributed by atoms with E-state index in [4.69, 9.17) is 9.68 Å². The van der Waals surface area contributed by atoms with E-state index in [1.54, 1.807) is 6.26 Å². The smallest absolute Gasteiger partial charge is 0.136 e. The summed E-state index contributed by atoms with van der Waals surface area (Å²) in [6.07, 6.45) is 3.34. The molecule has 2 rings (SSSR count). The molecule has 1 aliphatic carbocycles. The van der Waals surface area contributed by atoms with Crippen molar-refractivity contribution in [3.63, 3.8) is 0 Å². The van der Waals surface area contributed by atoms with Gasteiger partial charge in [-0.1, -0.05) is 6.42 Å². The minimum atomic E-state index is -0.767. The van der Waals surface area contributed by atoms with Gasteiger partial charge < -0.3 is 9.52 Å². The van der Waals surface area contributed by atoms with Crippen LogP contribution in [0, 0.1) is 23.7 Å². The van der Waals surface area contributed by atoms with Gasteiger partial charge >= 0.3 is 0 Å². The molecule has 1 fully saturated rings. The summed E-state index contributed by atoms with van der Waals surface area (Å²) in [6.45, 7) is 1.88. The van der Waals surface area contributed by atoms with Crippen LogP contribution >= 0.6 is 0 Å². The Morgan fingerprint density at radius 2 is 2.36 bits per heavy atom. The van der Waals surface area contributed by atoms with Gasteiger partial charge in [-0.25, -0.2) is 0 Å². The van der Waals surface area contributed by atoms with Gasteiger partial charge in [-0.15, -0.1) is 0 Å². The number of furan rings is 1. The van der Waals surface area contributed by atoms with Gasteiger partial charge in [0.1, 0.15) is 11.9 Å². The first-order chi connectivity index (χ1) is 6.69. The second-order valence-electron chi connectivity index (χ2n) is 3.99. The van der Waals surface area contributed by atoms with E-state index in [-0.39, 0.29) is 0 Å². The summed E-state index contributed by atoms with van der Waals surface area (Å²) in [6, 6.07) is 4.03. The zero-order valence-electron chi connectivity index (χ0n) is 8.16. The third-order valence-electron chi connectivity index (χ3n) is 3.14. The van der Waals surface area contributed by atoms with E-state index in [2.05, 4.69) is 6.07 Å².